The van der Waals surface area contributed by atoms with Crippen molar-refractivity contribution in [1.82, 2.24) is 0 Å². The fraction of sp³-hybridized carbons (Fsp3) is 0.600. The van der Waals surface area contributed by atoms with Gasteiger partial charge in [-0.25, -0.2) is 0 Å². The Morgan fingerprint density at radius 2 is 1.95 bits per heavy atom. The Balaban J connectivity index is 1.88. The van der Waals surface area contributed by atoms with Gasteiger partial charge in [-0.2, -0.15) is 4.39 Å². The maximum absolute atomic E-state index is 13.5. The van der Waals surface area contributed by atoms with Crippen LogP contribution < -0.4 is 5.73 Å². The highest BCUT2D eigenvalue weighted by Crippen LogP contribution is 2.25. The predicted molar refractivity (Wildman–Crippen MR) is 77.3 cm³/mol. The summed E-state index contributed by atoms with van der Waals surface area (Å²) in [5.74, 6) is -0.835. The third kappa shape index (κ3) is 4.47. The standard InChI is InChI=1S/C15H21FN2O3/c16-13-9-12(5-6-14(13)18(19)20)10-21-11-15(17)7-3-1-2-4-8-15/h5-6,9H,1-4,7-8,10-11,17H2. The van der Waals surface area contributed by atoms with E-state index < -0.39 is 16.4 Å². The largest absolute Gasteiger partial charge is 0.375 e. The zero-order valence-corrected chi connectivity index (χ0v) is 12.0. The van der Waals surface area contributed by atoms with Gasteiger partial charge in [0.25, 0.3) is 0 Å². The number of hydrogen-bond acceptors (Lipinski definition) is 4. The molecule has 2 N–H and O–H groups in total. The zero-order valence-electron chi connectivity index (χ0n) is 12.0. The smallest absolute Gasteiger partial charge is 0.304 e. The van der Waals surface area contributed by atoms with E-state index in [0.717, 1.165) is 37.8 Å². The number of rotatable bonds is 5. The van der Waals surface area contributed by atoms with E-state index in [0.29, 0.717) is 12.2 Å². The first kappa shape index (κ1) is 15.9. The van der Waals surface area contributed by atoms with Crippen LogP contribution in [-0.4, -0.2) is 17.1 Å². The summed E-state index contributed by atoms with van der Waals surface area (Å²) >= 11 is 0. The molecule has 0 spiro atoms. The van der Waals surface area contributed by atoms with E-state index in [-0.39, 0.29) is 12.1 Å². The first-order chi connectivity index (χ1) is 10.0. The van der Waals surface area contributed by atoms with Gasteiger partial charge in [0.15, 0.2) is 0 Å². The molecule has 6 heteroatoms. The molecule has 1 aliphatic rings. The maximum Gasteiger partial charge on any atom is 0.304 e. The molecule has 0 unspecified atom stereocenters. The quantitative estimate of drug-likeness (QED) is 0.513. The summed E-state index contributed by atoms with van der Waals surface area (Å²) in [6, 6.07) is 3.82. The minimum Gasteiger partial charge on any atom is -0.375 e. The van der Waals surface area contributed by atoms with Crippen molar-refractivity contribution in [3.8, 4) is 0 Å². The third-order valence-corrected chi connectivity index (χ3v) is 3.97. The van der Waals surface area contributed by atoms with Crippen molar-refractivity contribution >= 4 is 5.69 Å². The van der Waals surface area contributed by atoms with Crippen LogP contribution in [0.15, 0.2) is 18.2 Å². The molecule has 21 heavy (non-hydrogen) atoms. The highest BCUT2D eigenvalue weighted by Gasteiger charge is 2.26. The Hall–Kier alpha value is -1.53. The summed E-state index contributed by atoms with van der Waals surface area (Å²) in [4.78, 5) is 9.81. The Kier molecular flexibility index (Phi) is 5.25. The van der Waals surface area contributed by atoms with Gasteiger partial charge in [-0.3, -0.25) is 10.1 Å². The molecule has 0 aromatic heterocycles. The number of ether oxygens (including phenoxy) is 1. The van der Waals surface area contributed by atoms with Crippen molar-refractivity contribution in [1.29, 1.82) is 0 Å². The van der Waals surface area contributed by atoms with Crippen LogP contribution in [0.5, 0.6) is 0 Å². The molecule has 0 saturated heterocycles. The number of hydrogen-bond donors (Lipinski definition) is 1. The molecule has 2 rings (SSSR count). The molecule has 0 atom stereocenters. The molecule has 1 aromatic rings. The highest BCUT2D eigenvalue weighted by atomic mass is 19.1. The van der Waals surface area contributed by atoms with Gasteiger partial charge >= 0.3 is 5.69 Å². The number of nitro groups is 1. The Bertz CT molecular complexity index is 500. The SMILES string of the molecule is NC1(COCc2ccc([N+](=O)[O-])c(F)c2)CCCCCC1. The lowest BCUT2D eigenvalue weighted by atomic mass is 9.92. The second-order valence-electron chi connectivity index (χ2n) is 5.81. The number of nitrogens with two attached hydrogens (primary N) is 1. The highest BCUT2D eigenvalue weighted by molar-refractivity contribution is 5.34. The van der Waals surface area contributed by atoms with Crippen LogP contribution in [0, 0.1) is 15.9 Å². The van der Waals surface area contributed by atoms with E-state index >= 15 is 0 Å². The maximum atomic E-state index is 13.5. The number of nitrogens with zero attached hydrogens (tertiary/aromatic N) is 1. The molecular weight excluding hydrogens is 275 g/mol. The van der Waals surface area contributed by atoms with Crippen molar-refractivity contribution in [2.75, 3.05) is 6.61 Å². The van der Waals surface area contributed by atoms with Gasteiger partial charge in [-0.05, 0) is 30.5 Å². The summed E-state index contributed by atoms with van der Waals surface area (Å²) in [5.41, 5.74) is 6.10. The van der Waals surface area contributed by atoms with Crippen LogP contribution in [0.4, 0.5) is 10.1 Å². The molecule has 0 bridgehead atoms. The molecule has 1 aromatic carbocycles. The normalized spacial score (nSPS) is 18.2. The van der Waals surface area contributed by atoms with Crippen LogP contribution in [0.25, 0.3) is 0 Å². The molecule has 0 aliphatic heterocycles. The third-order valence-electron chi connectivity index (χ3n) is 3.97. The van der Waals surface area contributed by atoms with Gasteiger partial charge < -0.3 is 10.5 Å². The lowest BCUT2D eigenvalue weighted by Crippen LogP contribution is -2.43. The lowest BCUT2D eigenvalue weighted by molar-refractivity contribution is -0.387. The van der Waals surface area contributed by atoms with Crippen molar-refractivity contribution in [2.45, 2.75) is 50.7 Å². The number of nitro benzene ring substituents is 1. The molecule has 1 aliphatic carbocycles. The zero-order chi connectivity index (χ0) is 15.3. The van der Waals surface area contributed by atoms with Gasteiger partial charge in [-0.1, -0.05) is 25.7 Å². The van der Waals surface area contributed by atoms with Crippen molar-refractivity contribution in [3.05, 3.63) is 39.7 Å². The molecule has 1 fully saturated rings. The molecular formula is C15H21FN2O3. The van der Waals surface area contributed by atoms with Crippen LogP contribution in [0.1, 0.15) is 44.1 Å². The lowest BCUT2D eigenvalue weighted by Gasteiger charge is -2.27. The van der Waals surface area contributed by atoms with Gasteiger partial charge in [0.05, 0.1) is 18.1 Å². The average Bonchev–Trinajstić information content (AvgIpc) is 2.63. The van der Waals surface area contributed by atoms with Crippen LogP contribution >= 0.6 is 0 Å². The van der Waals surface area contributed by atoms with Gasteiger partial charge in [0, 0.05) is 11.6 Å². The molecule has 116 valence electrons. The summed E-state index contributed by atoms with van der Waals surface area (Å²) in [6.07, 6.45) is 6.56. The van der Waals surface area contributed by atoms with Crippen LogP contribution in [-0.2, 0) is 11.3 Å². The second kappa shape index (κ2) is 6.95. The van der Waals surface area contributed by atoms with E-state index in [2.05, 4.69) is 0 Å². The molecule has 0 heterocycles. The van der Waals surface area contributed by atoms with Gasteiger partial charge in [0.1, 0.15) is 0 Å². The van der Waals surface area contributed by atoms with Crippen molar-refractivity contribution < 1.29 is 14.1 Å². The minimum atomic E-state index is -0.835. The summed E-state index contributed by atoms with van der Waals surface area (Å²) in [6.45, 7) is 0.652. The Morgan fingerprint density at radius 3 is 2.52 bits per heavy atom. The molecule has 5 nitrogen and oxygen atoms in total. The monoisotopic (exact) mass is 296 g/mol. The fourth-order valence-corrected chi connectivity index (χ4v) is 2.74. The van der Waals surface area contributed by atoms with E-state index in [1.54, 1.807) is 0 Å². The number of benzene rings is 1. The average molecular weight is 296 g/mol. The first-order valence-electron chi connectivity index (χ1n) is 7.30. The topological polar surface area (TPSA) is 78.4 Å². The van der Waals surface area contributed by atoms with E-state index in [9.17, 15) is 14.5 Å². The Morgan fingerprint density at radius 1 is 1.29 bits per heavy atom. The first-order valence-corrected chi connectivity index (χ1v) is 7.30. The molecule has 0 amide bonds. The summed E-state index contributed by atoms with van der Waals surface area (Å²) in [5, 5.41) is 10.5. The van der Waals surface area contributed by atoms with Crippen molar-refractivity contribution in [3.63, 3.8) is 0 Å². The summed E-state index contributed by atoms with van der Waals surface area (Å²) < 4.78 is 19.1. The van der Waals surface area contributed by atoms with E-state index in [1.165, 1.54) is 18.9 Å². The van der Waals surface area contributed by atoms with Gasteiger partial charge in [-0.15, -0.1) is 0 Å². The fourth-order valence-electron chi connectivity index (χ4n) is 2.74. The van der Waals surface area contributed by atoms with Gasteiger partial charge in [0.2, 0.25) is 5.82 Å². The van der Waals surface area contributed by atoms with E-state index in [4.69, 9.17) is 10.5 Å². The van der Waals surface area contributed by atoms with E-state index in [1.807, 2.05) is 0 Å². The predicted octanol–water partition coefficient (Wildman–Crippen LogP) is 3.30. The molecule has 1 saturated carbocycles. The summed E-state index contributed by atoms with van der Waals surface area (Å²) in [7, 11) is 0. The second-order valence-corrected chi connectivity index (χ2v) is 5.81. The molecule has 0 radical (unpaired) electrons. The minimum absolute atomic E-state index is 0.216. The Labute approximate surface area is 123 Å². The van der Waals surface area contributed by atoms with Crippen LogP contribution in [0.3, 0.4) is 0 Å². The van der Waals surface area contributed by atoms with Crippen molar-refractivity contribution in [2.24, 2.45) is 5.73 Å². The number of halogens is 1. The van der Waals surface area contributed by atoms with Crippen LogP contribution in [0.2, 0.25) is 0 Å².